The molecule has 6 nitrogen and oxygen atoms in total. The first-order valence-corrected chi connectivity index (χ1v) is 9.63. The predicted molar refractivity (Wildman–Crippen MR) is 99.3 cm³/mol. The lowest BCUT2D eigenvalue weighted by Gasteiger charge is -2.12. The van der Waals surface area contributed by atoms with E-state index in [0.29, 0.717) is 12.1 Å². The Morgan fingerprint density at radius 2 is 1.77 bits per heavy atom. The highest BCUT2D eigenvalue weighted by Crippen LogP contribution is 2.21. The van der Waals surface area contributed by atoms with Gasteiger partial charge in [-0.15, -0.1) is 0 Å². The van der Waals surface area contributed by atoms with Crippen molar-refractivity contribution in [3.63, 3.8) is 0 Å². The standard InChI is InChI=1S/C18H22FN3O3S/c1-13-4-5-14(18(23)21-11-3-10-20-2)12-17(13)26(24,25)22-16-8-6-15(19)7-9-16/h4-9,12,20,22H,3,10-11H2,1-2H3,(H,21,23). The number of rotatable bonds is 8. The second-order valence-corrected chi connectivity index (χ2v) is 7.46. The Balaban J connectivity index is 2.19. The minimum Gasteiger partial charge on any atom is -0.352 e. The monoisotopic (exact) mass is 379 g/mol. The Hall–Kier alpha value is -2.45. The molecule has 8 heteroatoms. The summed E-state index contributed by atoms with van der Waals surface area (Å²) < 4.78 is 40.6. The van der Waals surface area contributed by atoms with Crippen molar-refractivity contribution in [2.45, 2.75) is 18.2 Å². The molecule has 0 saturated carbocycles. The van der Waals surface area contributed by atoms with Crippen molar-refractivity contribution in [1.82, 2.24) is 10.6 Å². The number of carbonyl (C=O) groups excluding carboxylic acids is 1. The molecule has 2 aromatic rings. The van der Waals surface area contributed by atoms with Crippen LogP contribution in [0.1, 0.15) is 22.3 Å². The van der Waals surface area contributed by atoms with Crippen LogP contribution in [0, 0.1) is 12.7 Å². The maximum absolute atomic E-state index is 13.0. The number of carbonyl (C=O) groups is 1. The molecule has 1 amide bonds. The van der Waals surface area contributed by atoms with E-state index >= 15 is 0 Å². The highest BCUT2D eigenvalue weighted by atomic mass is 32.2. The number of aryl methyl sites for hydroxylation is 1. The maximum atomic E-state index is 13.0. The molecule has 0 aliphatic carbocycles. The summed E-state index contributed by atoms with van der Waals surface area (Å²) >= 11 is 0. The Bertz CT molecular complexity index is 868. The van der Waals surface area contributed by atoms with Gasteiger partial charge in [-0.25, -0.2) is 12.8 Å². The molecule has 0 spiro atoms. The number of anilines is 1. The molecule has 26 heavy (non-hydrogen) atoms. The number of benzene rings is 2. The molecule has 0 aromatic heterocycles. The van der Waals surface area contributed by atoms with Crippen LogP contribution in [0.15, 0.2) is 47.4 Å². The van der Waals surface area contributed by atoms with Crippen molar-refractivity contribution in [1.29, 1.82) is 0 Å². The van der Waals surface area contributed by atoms with E-state index in [2.05, 4.69) is 15.4 Å². The Kier molecular flexibility index (Phi) is 6.70. The average Bonchev–Trinajstić information content (AvgIpc) is 2.60. The molecule has 0 saturated heterocycles. The van der Waals surface area contributed by atoms with Gasteiger partial charge in [-0.3, -0.25) is 9.52 Å². The van der Waals surface area contributed by atoms with Gasteiger partial charge < -0.3 is 10.6 Å². The molecule has 2 rings (SSSR count). The number of amides is 1. The smallest absolute Gasteiger partial charge is 0.262 e. The quantitative estimate of drug-likeness (QED) is 0.614. The van der Waals surface area contributed by atoms with E-state index in [1.54, 1.807) is 19.1 Å². The summed E-state index contributed by atoms with van der Waals surface area (Å²) in [5, 5.41) is 5.73. The lowest BCUT2D eigenvalue weighted by Crippen LogP contribution is -2.27. The highest BCUT2D eigenvalue weighted by molar-refractivity contribution is 7.92. The van der Waals surface area contributed by atoms with E-state index in [4.69, 9.17) is 0 Å². The minimum atomic E-state index is -3.90. The van der Waals surface area contributed by atoms with E-state index in [0.717, 1.165) is 13.0 Å². The van der Waals surface area contributed by atoms with Crippen LogP contribution < -0.4 is 15.4 Å². The number of nitrogens with one attached hydrogen (secondary N) is 3. The Morgan fingerprint density at radius 1 is 1.08 bits per heavy atom. The van der Waals surface area contributed by atoms with E-state index < -0.39 is 15.8 Å². The van der Waals surface area contributed by atoms with Gasteiger partial charge in [0.05, 0.1) is 4.90 Å². The third-order valence-electron chi connectivity index (χ3n) is 3.73. The van der Waals surface area contributed by atoms with E-state index in [9.17, 15) is 17.6 Å². The molecule has 2 aromatic carbocycles. The van der Waals surface area contributed by atoms with Gasteiger partial charge in [0.25, 0.3) is 15.9 Å². The van der Waals surface area contributed by atoms with Gasteiger partial charge >= 0.3 is 0 Å². The number of hydrogen-bond donors (Lipinski definition) is 3. The highest BCUT2D eigenvalue weighted by Gasteiger charge is 2.19. The molecule has 0 heterocycles. The number of hydrogen-bond acceptors (Lipinski definition) is 4. The summed E-state index contributed by atoms with van der Waals surface area (Å²) in [6.07, 6.45) is 0.769. The summed E-state index contributed by atoms with van der Waals surface area (Å²) in [6.45, 7) is 2.91. The maximum Gasteiger partial charge on any atom is 0.262 e. The van der Waals surface area contributed by atoms with Gasteiger partial charge in [0.15, 0.2) is 0 Å². The molecular weight excluding hydrogens is 357 g/mol. The first kappa shape index (κ1) is 19.9. The molecule has 0 bridgehead atoms. The second kappa shape index (κ2) is 8.77. The van der Waals surface area contributed by atoms with Crippen LogP contribution >= 0.6 is 0 Å². The van der Waals surface area contributed by atoms with Gasteiger partial charge in [0.2, 0.25) is 0 Å². The Labute approximate surface area is 152 Å². The summed E-state index contributed by atoms with van der Waals surface area (Å²) in [7, 11) is -2.08. The van der Waals surface area contributed by atoms with Crippen molar-refractivity contribution in [2.24, 2.45) is 0 Å². The molecule has 0 unspecified atom stereocenters. The first-order valence-electron chi connectivity index (χ1n) is 8.15. The zero-order valence-corrected chi connectivity index (χ0v) is 15.5. The normalized spacial score (nSPS) is 11.2. The minimum absolute atomic E-state index is 0.00435. The van der Waals surface area contributed by atoms with Crippen LogP contribution in [0.5, 0.6) is 0 Å². The van der Waals surface area contributed by atoms with Crippen LogP contribution in [0.3, 0.4) is 0 Å². The lowest BCUT2D eigenvalue weighted by molar-refractivity contribution is 0.0953. The van der Waals surface area contributed by atoms with Gasteiger partial charge in [0, 0.05) is 17.8 Å². The van der Waals surface area contributed by atoms with Crippen LogP contribution in [0.25, 0.3) is 0 Å². The van der Waals surface area contributed by atoms with Crippen molar-refractivity contribution in [2.75, 3.05) is 24.9 Å². The van der Waals surface area contributed by atoms with Crippen LogP contribution in [-0.4, -0.2) is 34.5 Å². The first-order chi connectivity index (χ1) is 12.3. The van der Waals surface area contributed by atoms with E-state index in [-0.39, 0.29) is 22.1 Å². The average molecular weight is 379 g/mol. The topological polar surface area (TPSA) is 87.3 Å². The second-order valence-electron chi connectivity index (χ2n) is 5.81. The van der Waals surface area contributed by atoms with E-state index in [1.807, 2.05) is 7.05 Å². The van der Waals surface area contributed by atoms with E-state index in [1.165, 1.54) is 30.3 Å². The summed E-state index contributed by atoms with van der Waals surface area (Å²) in [4.78, 5) is 12.2. The van der Waals surface area contributed by atoms with Gasteiger partial charge in [-0.2, -0.15) is 0 Å². The third kappa shape index (κ3) is 5.27. The predicted octanol–water partition coefficient (Wildman–Crippen LogP) is 2.27. The molecule has 3 N–H and O–H groups in total. The van der Waals surface area contributed by atoms with Crippen LogP contribution in [-0.2, 0) is 10.0 Å². The molecule has 0 fully saturated rings. The van der Waals surface area contributed by atoms with Crippen LogP contribution in [0.4, 0.5) is 10.1 Å². The molecule has 0 radical (unpaired) electrons. The fourth-order valence-corrected chi connectivity index (χ4v) is 3.66. The SMILES string of the molecule is CNCCCNC(=O)c1ccc(C)c(S(=O)(=O)Nc2ccc(F)cc2)c1. The van der Waals surface area contributed by atoms with Crippen molar-refractivity contribution < 1.29 is 17.6 Å². The molecule has 0 aliphatic rings. The number of sulfonamides is 1. The van der Waals surface area contributed by atoms with Crippen LogP contribution in [0.2, 0.25) is 0 Å². The van der Waals surface area contributed by atoms with Crippen molar-refractivity contribution in [3.8, 4) is 0 Å². The van der Waals surface area contributed by atoms with Gasteiger partial charge in [0.1, 0.15) is 5.82 Å². The lowest BCUT2D eigenvalue weighted by atomic mass is 10.1. The molecule has 0 aliphatic heterocycles. The fraction of sp³-hybridized carbons (Fsp3) is 0.278. The summed E-state index contributed by atoms with van der Waals surface area (Å²) in [5.41, 5.74) is 1.01. The number of halogens is 1. The third-order valence-corrected chi connectivity index (χ3v) is 5.25. The zero-order chi connectivity index (χ0) is 19.2. The fourth-order valence-electron chi connectivity index (χ4n) is 2.33. The molecular formula is C18H22FN3O3S. The largest absolute Gasteiger partial charge is 0.352 e. The van der Waals surface area contributed by atoms with Crippen molar-refractivity contribution >= 4 is 21.6 Å². The molecule has 140 valence electrons. The summed E-state index contributed by atoms with van der Waals surface area (Å²) in [6, 6.07) is 9.51. The zero-order valence-electron chi connectivity index (χ0n) is 14.7. The molecule has 0 atom stereocenters. The van der Waals surface area contributed by atoms with Crippen molar-refractivity contribution in [3.05, 3.63) is 59.4 Å². The summed E-state index contributed by atoms with van der Waals surface area (Å²) in [5.74, 6) is -0.791. The van der Waals surface area contributed by atoms with Gasteiger partial charge in [-0.05, 0) is 68.9 Å². The Morgan fingerprint density at radius 3 is 2.42 bits per heavy atom. The van der Waals surface area contributed by atoms with Gasteiger partial charge in [-0.1, -0.05) is 6.07 Å².